The van der Waals surface area contributed by atoms with E-state index in [0.29, 0.717) is 30.9 Å². The third-order valence-corrected chi connectivity index (χ3v) is 2.88. The second-order valence-corrected chi connectivity index (χ2v) is 4.42. The Morgan fingerprint density at radius 2 is 2.00 bits per heavy atom. The standard InChI is InChI=1S/C15H19N3O3/c1-12(19)18(9-7-15(20)17-8-10-21-2)14-5-3-13(11-16)4-6-14/h3-6H,7-10H2,1-2H3,(H,17,20). The average molecular weight is 289 g/mol. The highest BCUT2D eigenvalue weighted by molar-refractivity contribution is 5.92. The number of methoxy groups -OCH3 is 1. The molecule has 0 radical (unpaired) electrons. The summed E-state index contributed by atoms with van der Waals surface area (Å²) in [5.74, 6) is -0.281. The molecule has 0 saturated carbocycles. The fourth-order valence-electron chi connectivity index (χ4n) is 1.78. The van der Waals surface area contributed by atoms with Gasteiger partial charge >= 0.3 is 0 Å². The van der Waals surface area contributed by atoms with Gasteiger partial charge in [0.15, 0.2) is 0 Å². The Hall–Kier alpha value is -2.39. The Labute approximate surface area is 124 Å². The first-order valence-electron chi connectivity index (χ1n) is 6.62. The minimum Gasteiger partial charge on any atom is -0.383 e. The van der Waals surface area contributed by atoms with Crippen molar-refractivity contribution in [1.82, 2.24) is 5.32 Å². The molecule has 0 spiro atoms. The molecule has 1 rings (SSSR count). The number of carbonyl (C=O) groups is 2. The van der Waals surface area contributed by atoms with Gasteiger partial charge in [-0.2, -0.15) is 5.26 Å². The van der Waals surface area contributed by atoms with Crippen LogP contribution in [-0.2, 0) is 14.3 Å². The first-order valence-corrected chi connectivity index (χ1v) is 6.62. The largest absolute Gasteiger partial charge is 0.383 e. The van der Waals surface area contributed by atoms with Gasteiger partial charge in [-0.1, -0.05) is 0 Å². The number of ether oxygens (including phenoxy) is 1. The fraction of sp³-hybridized carbons (Fsp3) is 0.400. The van der Waals surface area contributed by atoms with E-state index < -0.39 is 0 Å². The van der Waals surface area contributed by atoms with E-state index in [9.17, 15) is 9.59 Å². The minimum atomic E-state index is -0.149. The molecule has 21 heavy (non-hydrogen) atoms. The number of nitrogens with one attached hydrogen (secondary N) is 1. The number of hydrogen-bond donors (Lipinski definition) is 1. The zero-order valence-corrected chi connectivity index (χ0v) is 12.3. The smallest absolute Gasteiger partial charge is 0.223 e. The molecule has 0 aliphatic rings. The Bertz CT molecular complexity index is 520. The molecule has 1 N–H and O–H groups in total. The number of hydrogen-bond acceptors (Lipinski definition) is 4. The maximum Gasteiger partial charge on any atom is 0.223 e. The summed E-state index contributed by atoms with van der Waals surface area (Å²) in [7, 11) is 1.56. The van der Waals surface area contributed by atoms with Crippen LogP contribution in [-0.4, -0.2) is 38.6 Å². The maximum atomic E-state index is 11.7. The Morgan fingerprint density at radius 1 is 1.33 bits per heavy atom. The van der Waals surface area contributed by atoms with Crippen LogP contribution in [0, 0.1) is 11.3 Å². The van der Waals surface area contributed by atoms with Gasteiger partial charge in [-0.25, -0.2) is 0 Å². The van der Waals surface area contributed by atoms with Crippen LogP contribution in [0.5, 0.6) is 0 Å². The van der Waals surface area contributed by atoms with Crippen molar-refractivity contribution >= 4 is 17.5 Å². The molecule has 2 amide bonds. The van der Waals surface area contributed by atoms with E-state index in [4.69, 9.17) is 10.00 Å². The second-order valence-electron chi connectivity index (χ2n) is 4.42. The Morgan fingerprint density at radius 3 is 2.52 bits per heavy atom. The van der Waals surface area contributed by atoms with E-state index in [1.54, 1.807) is 31.4 Å². The summed E-state index contributed by atoms with van der Waals surface area (Å²) in [4.78, 5) is 24.8. The van der Waals surface area contributed by atoms with E-state index in [2.05, 4.69) is 5.32 Å². The first kappa shape index (κ1) is 16.7. The number of nitriles is 1. The molecule has 0 aliphatic carbocycles. The van der Waals surface area contributed by atoms with Gasteiger partial charge in [0.2, 0.25) is 11.8 Å². The molecule has 0 aromatic heterocycles. The van der Waals surface area contributed by atoms with Gasteiger partial charge in [0.05, 0.1) is 18.2 Å². The van der Waals surface area contributed by atoms with Crippen LogP contribution in [0.15, 0.2) is 24.3 Å². The molecule has 6 nitrogen and oxygen atoms in total. The summed E-state index contributed by atoms with van der Waals surface area (Å²) in [6, 6.07) is 8.70. The Balaban J connectivity index is 2.59. The molecule has 112 valence electrons. The fourth-order valence-corrected chi connectivity index (χ4v) is 1.78. The number of rotatable bonds is 7. The van der Waals surface area contributed by atoms with Gasteiger partial charge in [0, 0.05) is 39.2 Å². The van der Waals surface area contributed by atoms with Gasteiger partial charge in [0.1, 0.15) is 0 Å². The van der Waals surface area contributed by atoms with E-state index in [0.717, 1.165) is 0 Å². The molecule has 1 aromatic carbocycles. The maximum absolute atomic E-state index is 11.7. The summed E-state index contributed by atoms with van der Waals surface area (Å²) in [6.07, 6.45) is 0.212. The van der Waals surface area contributed by atoms with Crippen LogP contribution in [0.25, 0.3) is 0 Å². The third-order valence-electron chi connectivity index (χ3n) is 2.88. The van der Waals surface area contributed by atoms with Crippen molar-refractivity contribution in [3.05, 3.63) is 29.8 Å². The van der Waals surface area contributed by atoms with Gasteiger partial charge in [-0.15, -0.1) is 0 Å². The molecular formula is C15H19N3O3. The Kier molecular flexibility index (Phi) is 6.92. The van der Waals surface area contributed by atoms with Crippen molar-refractivity contribution in [1.29, 1.82) is 5.26 Å². The second kappa shape index (κ2) is 8.72. The van der Waals surface area contributed by atoms with Gasteiger partial charge in [-0.05, 0) is 24.3 Å². The van der Waals surface area contributed by atoms with Crippen molar-refractivity contribution < 1.29 is 14.3 Å². The molecule has 0 atom stereocenters. The normalized spacial score (nSPS) is 9.76. The molecule has 0 unspecified atom stereocenters. The summed E-state index contributed by atoms with van der Waals surface area (Å²) in [6.45, 7) is 2.64. The third kappa shape index (κ3) is 5.63. The van der Waals surface area contributed by atoms with Crippen LogP contribution < -0.4 is 10.2 Å². The minimum absolute atomic E-state index is 0.132. The topological polar surface area (TPSA) is 82.4 Å². The zero-order valence-electron chi connectivity index (χ0n) is 12.3. The van der Waals surface area contributed by atoms with Crippen molar-refractivity contribution in [2.45, 2.75) is 13.3 Å². The number of amides is 2. The SMILES string of the molecule is COCCNC(=O)CCN(C(C)=O)c1ccc(C#N)cc1. The molecule has 0 saturated heterocycles. The summed E-state index contributed by atoms with van der Waals surface area (Å²) < 4.78 is 4.84. The zero-order chi connectivity index (χ0) is 15.7. The average Bonchev–Trinajstić information content (AvgIpc) is 2.48. The van der Waals surface area contributed by atoms with Gasteiger partial charge < -0.3 is 15.0 Å². The van der Waals surface area contributed by atoms with E-state index >= 15 is 0 Å². The number of anilines is 1. The highest BCUT2D eigenvalue weighted by atomic mass is 16.5. The van der Waals surface area contributed by atoms with Crippen LogP contribution >= 0.6 is 0 Å². The highest BCUT2D eigenvalue weighted by Gasteiger charge is 2.13. The molecule has 0 fully saturated rings. The lowest BCUT2D eigenvalue weighted by Gasteiger charge is -2.21. The lowest BCUT2D eigenvalue weighted by atomic mass is 10.2. The van der Waals surface area contributed by atoms with Crippen LogP contribution in [0.2, 0.25) is 0 Å². The summed E-state index contributed by atoms with van der Waals surface area (Å²) in [5, 5.41) is 11.5. The quantitative estimate of drug-likeness (QED) is 0.761. The van der Waals surface area contributed by atoms with Crippen molar-refractivity contribution in [3.63, 3.8) is 0 Å². The predicted molar refractivity (Wildman–Crippen MR) is 78.7 cm³/mol. The summed E-state index contributed by atoms with van der Waals surface area (Å²) >= 11 is 0. The van der Waals surface area contributed by atoms with Crippen molar-refractivity contribution in [2.75, 3.05) is 31.7 Å². The molecule has 0 aliphatic heterocycles. The summed E-state index contributed by atoms with van der Waals surface area (Å²) in [5.41, 5.74) is 1.20. The van der Waals surface area contributed by atoms with Crippen LogP contribution in [0.3, 0.4) is 0 Å². The van der Waals surface area contributed by atoms with E-state index in [-0.39, 0.29) is 18.2 Å². The van der Waals surface area contributed by atoms with Crippen LogP contribution in [0.4, 0.5) is 5.69 Å². The number of carbonyl (C=O) groups excluding carboxylic acids is 2. The predicted octanol–water partition coefficient (Wildman–Crippen LogP) is 1.06. The van der Waals surface area contributed by atoms with E-state index in [1.165, 1.54) is 11.8 Å². The van der Waals surface area contributed by atoms with Gasteiger partial charge in [0.25, 0.3) is 0 Å². The number of nitrogens with zero attached hydrogens (tertiary/aromatic N) is 2. The molecular weight excluding hydrogens is 270 g/mol. The highest BCUT2D eigenvalue weighted by Crippen LogP contribution is 2.15. The molecule has 0 heterocycles. The van der Waals surface area contributed by atoms with Crippen molar-refractivity contribution in [3.8, 4) is 6.07 Å². The lowest BCUT2D eigenvalue weighted by Crippen LogP contribution is -2.34. The molecule has 6 heteroatoms. The molecule has 0 bridgehead atoms. The van der Waals surface area contributed by atoms with Gasteiger partial charge in [-0.3, -0.25) is 9.59 Å². The number of benzene rings is 1. The van der Waals surface area contributed by atoms with Crippen molar-refractivity contribution in [2.24, 2.45) is 0 Å². The first-order chi connectivity index (χ1) is 10.1. The van der Waals surface area contributed by atoms with E-state index in [1.807, 2.05) is 6.07 Å². The monoisotopic (exact) mass is 289 g/mol. The lowest BCUT2D eigenvalue weighted by molar-refractivity contribution is -0.121. The molecule has 1 aromatic rings. The van der Waals surface area contributed by atoms with Crippen LogP contribution in [0.1, 0.15) is 18.9 Å².